The summed E-state index contributed by atoms with van der Waals surface area (Å²) < 4.78 is 18.4. The molecule has 1 aromatic rings. The van der Waals surface area contributed by atoms with Crippen molar-refractivity contribution in [3.63, 3.8) is 0 Å². The third kappa shape index (κ3) is 2.69. The normalized spacial score (nSPS) is 14.7. The fourth-order valence-electron chi connectivity index (χ4n) is 1.40. The molecule has 0 bridgehead atoms. The summed E-state index contributed by atoms with van der Waals surface area (Å²) in [5, 5.41) is 9.85. The molecule has 15 heavy (non-hydrogen) atoms. The maximum Gasteiger partial charge on any atom is 0.132 e. The van der Waals surface area contributed by atoms with Gasteiger partial charge >= 0.3 is 0 Å². The smallest absolute Gasteiger partial charge is 0.132 e. The first kappa shape index (κ1) is 12.0. The number of benzene rings is 1. The molecule has 0 aliphatic carbocycles. The lowest BCUT2D eigenvalue weighted by molar-refractivity contribution is 0.111. The summed E-state index contributed by atoms with van der Waals surface area (Å²) in [6, 6.07) is 4.52. The van der Waals surface area contributed by atoms with E-state index in [0.29, 0.717) is 11.3 Å². The van der Waals surface area contributed by atoms with Crippen LogP contribution in [0, 0.1) is 11.7 Å². The Morgan fingerprint density at radius 2 is 2.13 bits per heavy atom. The Morgan fingerprint density at radius 3 is 2.60 bits per heavy atom. The minimum Gasteiger partial charge on any atom is -0.497 e. The van der Waals surface area contributed by atoms with E-state index in [1.165, 1.54) is 13.2 Å². The van der Waals surface area contributed by atoms with Crippen molar-refractivity contribution in [3.05, 3.63) is 29.6 Å². The van der Waals surface area contributed by atoms with Crippen molar-refractivity contribution in [3.8, 4) is 5.75 Å². The van der Waals surface area contributed by atoms with Crippen molar-refractivity contribution in [1.82, 2.24) is 0 Å². The third-order valence-corrected chi connectivity index (χ3v) is 2.71. The molecule has 1 rings (SSSR count). The quantitative estimate of drug-likeness (QED) is 0.831. The van der Waals surface area contributed by atoms with Crippen LogP contribution >= 0.6 is 0 Å². The van der Waals surface area contributed by atoms with Crippen LogP contribution in [0.3, 0.4) is 0 Å². The molecule has 0 saturated heterocycles. The maximum atomic E-state index is 13.5. The largest absolute Gasteiger partial charge is 0.497 e. The molecule has 2 atom stereocenters. The van der Waals surface area contributed by atoms with Gasteiger partial charge in [0.1, 0.15) is 11.6 Å². The van der Waals surface area contributed by atoms with E-state index in [9.17, 15) is 9.50 Å². The van der Waals surface area contributed by atoms with Gasteiger partial charge in [-0.15, -0.1) is 0 Å². The number of halogens is 1. The average molecular weight is 212 g/mol. The van der Waals surface area contributed by atoms with E-state index in [-0.39, 0.29) is 5.92 Å². The van der Waals surface area contributed by atoms with Crippen molar-refractivity contribution < 1.29 is 14.2 Å². The van der Waals surface area contributed by atoms with Crippen LogP contribution in [-0.2, 0) is 0 Å². The van der Waals surface area contributed by atoms with Gasteiger partial charge in [0.25, 0.3) is 0 Å². The number of aliphatic hydroxyl groups excluding tert-OH is 1. The zero-order chi connectivity index (χ0) is 11.4. The van der Waals surface area contributed by atoms with Gasteiger partial charge in [0.15, 0.2) is 0 Å². The highest BCUT2D eigenvalue weighted by atomic mass is 19.1. The molecule has 84 valence electrons. The molecule has 0 amide bonds. The zero-order valence-corrected chi connectivity index (χ0v) is 9.33. The molecule has 0 aliphatic heterocycles. The Balaban J connectivity index is 2.95. The van der Waals surface area contributed by atoms with E-state index >= 15 is 0 Å². The summed E-state index contributed by atoms with van der Waals surface area (Å²) in [6.07, 6.45) is 0.0630. The summed E-state index contributed by atoms with van der Waals surface area (Å²) in [5.74, 6) is 0.0997. The summed E-state index contributed by atoms with van der Waals surface area (Å²) >= 11 is 0. The van der Waals surface area contributed by atoms with Gasteiger partial charge in [-0.2, -0.15) is 0 Å². The lowest BCUT2D eigenvalue weighted by Crippen LogP contribution is -2.10. The molecule has 2 nitrogen and oxygen atoms in total. The molecule has 0 spiro atoms. The standard InChI is InChI=1S/C12H17FO2/c1-4-8(2)12(14)10-6-5-9(15-3)7-11(10)13/h5-8,12,14H,4H2,1-3H3. The number of hydrogen-bond donors (Lipinski definition) is 1. The predicted octanol–water partition coefficient (Wildman–Crippen LogP) is 2.91. The zero-order valence-electron chi connectivity index (χ0n) is 9.33. The van der Waals surface area contributed by atoms with E-state index in [2.05, 4.69) is 0 Å². The van der Waals surface area contributed by atoms with Gasteiger partial charge < -0.3 is 9.84 Å². The van der Waals surface area contributed by atoms with Crippen molar-refractivity contribution in [2.45, 2.75) is 26.4 Å². The first-order valence-electron chi connectivity index (χ1n) is 5.11. The average Bonchev–Trinajstić information content (AvgIpc) is 2.26. The van der Waals surface area contributed by atoms with Gasteiger partial charge in [-0.05, 0) is 18.1 Å². The molecule has 0 heterocycles. The molecule has 0 aliphatic rings. The fraction of sp³-hybridized carbons (Fsp3) is 0.500. The number of ether oxygens (including phenoxy) is 1. The van der Waals surface area contributed by atoms with Crippen LogP contribution in [0.5, 0.6) is 5.75 Å². The first-order valence-corrected chi connectivity index (χ1v) is 5.11. The lowest BCUT2D eigenvalue weighted by Gasteiger charge is -2.18. The van der Waals surface area contributed by atoms with Crippen molar-refractivity contribution in [2.75, 3.05) is 7.11 Å². The fourth-order valence-corrected chi connectivity index (χ4v) is 1.40. The van der Waals surface area contributed by atoms with Crippen molar-refractivity contribution >= 4 is 0 Å². The second kappa shape index (κ2) is 5.12. The van der Waals surface area contributed by atoms with Gasteiger partial charge in [-0.3, -0.25) is 0 Å². The van der Waals surface area contributed by atoms with Crippen LogP contribution < -0.4 is 4.74 Å². The summed E-state index contributed by atoms with van der Waals surface area (Å²) in [6.45, 7) is 3.86. The third-order valence-electron chi connectivity index (χ3n) is 2.71. The van der Waals surface area contributed by atoms with Crippen LogP contribution in [0.4, 0.5) is 4.39 Å². The Labute approximate surface area is 89.7 Å². The molecule has 1 aromatic carbocycles. The Kier molecular flexibility index (Phi) is 4.09. The number of hydrogen-bond acceptors (Lipinski definition) is 2. The van der Waals surface area contributed by atoms with Gasteiger partial charge in [-0.25, -0.2) is 4.39 Å². The summed E-state index contributed by atoms with van der Waals surface area (Å²) in [5.41, 5.74) is 0.338. The van der Waals surface area contributed by atoms with Crippen LogP contribution in [0.1, 0.15) is 31.9 Å². The molecule has 0 fully saturated rings. The summed E-state index contributed by atoms with van der Waals surface area (Å²) in [7, 11) is 1.49. The molecule has 3 heteroatoms. The Bertz CT molecular complexity index is 325. The second-order valence-electron chi connectivity index (χ2n) is 3.72. The monoisotopic (exact) mass is 212 g/mol. The minimum absolute atomic E-state index is 0.0490. The van der Waals surface area contributed by atoms with Gasteiger partial charge in [0, 0.05) is 11.6 Å². The predicted molar refractivity (Wildman–Crippen MR) is 57.4 cm³/mol. The van der Waals surface area contributed by atoms with E-state index < -0.39 is 11.9 Å². The van der Waals surface area contributed by atoms with Gasteiger partial charge in [0.05, 0.1) is 13.2 Å². The van der Waals surface area contributed by atoms with Crippen LogP contribution in [0.15, 0.2) is 18.2 Å². The van der Waals surface area contributed by atoms with Gasteiger partial charge in [-0.1, -0.05) is 20.3 Å². The molecule has 0 aromatic heterocycles. The Morgan fingerprint density at radius 1 is 1.47 bits per heavy atom. The maximum absolute atomic E-state index is 13.5. The van der Waals surface area contributed by atoms with Crippen LogP contribution in [0.2, 0.25) is 0 Å². The second-order valence-corrected chi connectivity index (χ2v) is 3.72. The molecule has 2 unspecified atom stereocenters. The van der Waals surface area contributed by atoms with E-state index in [1.807, 2.05) is 13.8 Å². The van der Waals surface area contributed by atoms with Crippen LogP contribution in [0.25, 0.3) is 0 Å². The number of aliphatic hydroxyl groups is 1. The van der Waals surface area contributed by atoms with E-state index in [4.69, 9.17) is 4.74 Å². The molecular weight excluding hydrogens is 195 g/mol. The molecule has 0 radical (unpaired) electrons. The topological polar surface area (TPSA) is 29.5 Å². The highest BCUT2D eigenvalue weighted by Gasteiger charge is 2.18. The van der Waals surface area contributed by atoms with E-state index in [1.54, 1.807) is 12.1 Å². The van der Waals surface area contributed by atoms with Gasteiger partial charge in [0.2, 0.25) is 0 Å². The van der Waals surface area contributed by atoms with Crippen molar-refractivity contribution in [2.24, 2.45) is 5.92 Å². The number of rotatable bonds is 4. The lowest BCUT2D eigenvalue weighted by atomic mass is 9.95. The van der Waals surface area contributed by atoms with Crippen LogP contribution in [-0.4, -0.2) is 12.2 Å². The van der Waals surface area contributed by atoms with Crippen molar-refractivity contribution in [1.29, 1.82) is 0 Å². The first-order chi connectivity index (χ1) is 7.10. The minimum atomic E-state index is -0.749. The molecular formula is C12H17FO2. The Hall–Kier alpha value is -1.09. The molecule has 1 N–H and O–H groups in total. The molecule has 0 saturated carbocycles. The highest BCUT2D eigenvalue weighted by molar-refractivity contribution is 5.30. The summed E-state index contributed by atoms with van der Waals surface area (Å²) in [4.78, 5) is 0. The van der Waals surface area contributed by atoms with E-state index in [0.717, 1.165) is 6.42 Å². The number of methoxy groups -OCH3 is 1. The SMILES string of the molecule is CCC(C)C(O)c1ccc(OC)cc1F. The highest BCUT2D eigenvalue weighted by Crippen LogP contribution is 2.28.